The molecule has 20 heavy (non-hydrogen) atoms. The van der Waals surface area contributed by atoms with Crippen LogP contribution in [-0.2, 0) is 14.3 Å². The smallest absolute Gasteiger partial charge is 0.331 e. The summed E-state index contributed by atoms with van der Waals surface area (Å²) in [7, 11) is 1.29. The molecule has 0 spiro atoms. The van der Waals surface area contributed by atoms with E-state index < -0.39 is 12.0 Å². The maximum atomic E-state index is 12.6. The van der Waals surface area contributed by atoms with Crippen LogP contribution in [0.4, 0.5) is 0 Å². The lowest BCUT2D eigenvalue weighted by Gasteiger charge is -2.33. The van der Waals surface area contributed by atoms with E-state index in [9.17, 15) is 9.59 Å². The lowest BCUT2D eigenvalue weighted by atomic mass is 10.1. The number of ether oxygens (including phenoxy) is 2. The van der Waals surface area contributed by atoms with Crippen LogP contribution in [0.2, 0.25) is 5.02 Å². The van der Waals surface area contributed by atoms with Crippen molar-refractivity contribution in [1.29, 1.82) is 0 Å². The largest absolute Gasteiger partial charge is 0.467 e. The quantitative estimate of drug-likeness (QED) is 0.756. The molecule has 7 heteroatoms. The molecule has 0 bridgehead atoms. The van der Waals surface area contributed by atoms with Crippen LogP contribution in [0.25, 0.3) is 0 Å². The third-order valence-corrected chi connectivity index (χ3v) is 3.92. The van der Waals surface area contributed by atoms with Crippen molar-refractivity contribution in [2.75, 3.05) is 26.9 Å². The lowest BCUT2D eigenvalue weighted by molar-refractivity contribution is -0.151. The van der Waals surface area contributed by atoms with Gasteiger partial charge in [-0.2, -0.15) is 0 Å². The summed E-state index contributed by atoms with van der Waals surface area (Å²) in [6, 6.07) is 4.18. The number of benzene rings is 1. The minimum absolute atomic E-state index is 0.142. The number of hydrogen-bond donors (Lipinski definition) is 0. The van der Waals surface area contributed by atoms with Gasteiger partial charge in [0.2, 0.25) is 0 Å². The Morgan fingerprint density at radius 3 is 2.90 bits per heavy atom. The first kappa shape index (κ1) is 15.3. The maximum absolute atomic E-state index is 12.6. The van der Waals surface area contributed by atoms with E-state index in [0.717, 1.165) is 0 Å². The average Bonchev–Trinajstić information content (AvgIpc) is 2.46. The van der Waals surface area contributed by atoms with Crippen molar-refractivity contribution in [3.05, 3.63) is 33.3 Å². The van der Waals surface area contributed by atoms with Gasteiger partial charge >= 0.3 is 5.97 Å². The number of methoxy groups -OCH3 is 1. The number of nitrogens with zero attached hydrogens (tertiary/aromatic N) is 1. The van der Waals surface area contributed by atoms with Crippen molar-refractivity contribution in [1.82, 2.24) is 4.90 Å². The molecule has 1 aromatic carbocycles. The van der Waals surface area contributed by atoms with Gasteiger partial charge in [-0.15, -0.1) is 0 Å². The molecule has 5 nitrogen and oxygen atoms in total. The number of carbonyl (C=O) groups is 2. The predicted molar refractivity (Wildman–Crippen MR) is 76.8 cm³/mol. The zero-order valence-corrected chi connectivity index (χ0v) is 13.1. The SMILES string of the molecule is COC(=O)C1COCCN1C(=O)c1ccc(Cl)cc1Br. The maximum Gasteiger partial charge on any atom is 0.331 e. The van der Waals surface area contributed by atoms with Crippen molar-refractivity contribution < 1.29 is 19.1 Å². The zero-order chi connectivity index (χ0) is 14.7. The van der Waals surface area contributed by atoms with Crippen molar-refractivity contribution in [2.45, 2.75) is 6.04 Å². The van der Waals surface area contributed by atoms with Crippen LogP contribution in [0.1, 0.15) is 10.4 Å². The van der Waals surface area contributed by atoms with Crippen LogP contribution in [-0.4, -0.2) is 49.7 Å². The Balaban J connectivity index is 2.27. The van der Waals surface area contributed by atoms with E-state index in [1.807, 2.05) is 0 Å². The highest BCUT2D eigenvalue weighted by molar-refractivity contribution is 9.10. The van der Waals surface area contributed by atoms with Gasteiger partial charge in [0, 0.05) is 16.0 Å². The monoisotopic (exact) mass is 361 g/mol. The van der Waals surface area contributed by atoms with Crippen LogP contribution in [0.15, 0.2) is 22.7 Å². The predicted octanol–water partition coefficient (Wildman–Crippen LogP) is 2.12. The molecule has 1 atom stereocenters. The minimum atomic E-state index is -0.719. The van der Waals surface area contributed by atoms with Crippen LogP contribution in [0.3, 0.4) is 0 Å². The summed E-state index contributed by atoms with van der Waals surface area (Å²) < 4.78 is 10.5. The Hall–Kier alpha value is -1.11. The van der Waals surface area contributed by atoms with Gasteiger partial charge in [-0.25, -0.2) is 4.79 Å². The molecule has 1 aliphatic rings. The fourth-order valence-corrected chi connectivity index (χ4v) is 2.85. The highest BCUT2D eigenvalue weighted by Crippen LogP contribution is 2.24. The molecule has 0 aromatic heterocycles. The summed E-state index contributed by atoms with van der Waals surface area (Å²) in [6.07, 6.45) is 0. The molecule has 1 amide bonds. The molecular formula is C13H13BrClNO4. The summed E-state index contributed by atoms with van der Waals surface area (Å²) in [4.78, 5) is 25.7. The molecule has 0 radical (unpaired) electrons. The molecule has 1 heterocycles. The van der Waals surface area contributed by atoms with Crippen LogP contribution >= 0.6 is 27.5 Å². The number of morpholine rings is 1. The normalized spacial score (nSPS) is 18.8. The van der Waals surface area contributed by atoms with E-state index in [-0.39, 0.29) is 12.5 Å². The summed E-state index contributed by atoms with van der Waals surface area (Å²) in [6.45, 7) is 0.877. The van der Waals surface area contributed by atoms with Gasteiger partial charge in [0.1, 0.15) is 0 Å². The summed E-state index contributed by atoms with van der Waals surface area (Å²) >= 11 is 9.17. The fourth-order valence-electron chi connectivity index (χ4n) is 2.00. The number of carbonyl (C=O) groups excluding carboxylic acids is 2. The Morgan fingerprint density at radius 2 is 2.25 bits per heavy atom. The van der Waals surface area contributed by atoms with Crippen LogP contribution in [0.5, 0.6) is 0 Å². The summed E-state index contributed by atoms with van der Waals surface area (Å²) in [5, 5.41) is 0.528. The topological polar surface area (TPSA) is 55.8 Å². The lowest BCUT2D eigenvalue weighted by Crippen LogP contribution is -2.53. The van der Waals surface area contributed by atoms with E-state index in [4.69, 9.17) is 21.1 Å². The standard InChI is InChI=1S/C13H13BrClNO4/c1-19-13(18)11-7-20-5-4-16(11)12(17)9-3-2-8(15)6-10(9)14/h2-3,6,11H,4-5,7H2,1H3. The second-order valence-corrected chi connectivity index (χ2v) is 5.53. The summed E-state index contributed by atoms with van der Waals surface area (Å²) in [5.74, 6) is -0.740. The van der Waals surface area contributed by atoms with Gasteiger partial charge in [-0.3, -0.25) is 4.79 Å². The Kier molecular flexibility index (Phi) is 5.01. The number of hydrogen-bond acceptors (Lipinski definition) is 4. The molecule has 0 aliphatic carbocycles. The first-order valence-electron chi connectivity index (χ1n) is 5.96. The minimum Gasteiger partial charge on any atom is -0.467 e. The van der Waals surface area contributed by atoms with Gasteiger partial charge in [-0.1, -0.05) is 11.6 Å². The Morgan fingerprint density at radius 1 is 1.50 bits per heavy atom. The van der Waals surface area contributed by atoms with Gasteiger partial charge in [0.15, 0.2) is 6.04 Å². The molecule has 2 rings (SSSR count). The van der Waals surface area contributed by atoms with E-state index in [1.165, 1.54) is 12.0 Å². The van der Waals surface area contributed by atoms with E-state index in [1.54, 1.807) is 18.2 Å². The van der Waals surface area contributed by atoms with Crippen molar-refractivity contribution in [2.24, 2.45) is 0 Å². The summed E-state index contributed by atoms with van der Waals surface area (Å²) in [5.41, 5.74) is 0.449. The second kappa shape index (κ2) is 6.56. The Labute approximate surface area is 129 Å². The molecule has 1 fully saturated rings. The molecule has 1 unspecified atom stereocenters. The number of rotatable bonds is 2. The third-order valence-electron chi connectivity index (χ3n) is 3.02. The first-order valence-corrected chi connectivity index (χ1v) is 7.13. The van der Waals surface area contributed by atoms with E-state index >= 15 is 0 Å². The zero-order valence-electron chi connectivity index (χ0n) is 10.8. The third kappa shape index (κ3) is 3.13. The molecule has 1 saturated heterocycles. The van der Waals surface area contributed by atoms with Gasteiger partial charge in [-0.05, 0) is 34.1 Å². The number of amides is 1. The molecular weight excluding hydrogens is 350 g/mol. The van der Waals surface area contributed by atoms with Crippen molar-refractivity contribution in [3.63, 3.8) is 0 Å². The van der Waals surface area contributed by atoms with E-state index in [2.05, 4.69) is 15.9 Å². The van der Waals surface area contributed by atoms with Gasteiger partial charge < -0.3 is 14.4 Å². The number of esters is 1. The molecule has 1 aliphatic heterocycles. The molecule has 108 valence electrons. The van der Waals surface area contributed by atoms with Crippen molar-refractivity contribution in [3.8, 4) is 0 Å². The van der Waals surface area contributed by atoms with E-state index in [0.29, 0.717) is 28.2 Å². The highest BCUT2D eigenvalue weighted by atomic mass is 79.9. The van der Waals surface area contributed by atoms with Gasteiger partial charge in [0.25, 0.3) is 5.91 Å². The highest BCUT2D eigenvalue weighted by Gasteiger charge is 2.34. The second-order valence-electron chi connectivity index (χ2n) is 4.24. The fraction of sp³-hybridized carbons (Fsp3) is 0.385. The van der Waals surface area contributed by atoms with Crippen LogP contribution < -0.4 is 0 Å². The van der Waals surface area contributed by atoms with Crippen molar-refractivity contribution >= 4 is 39.4 Å². The average molecular weight is 363 g/mol. The molecule has 1 aromatic rings. The Bertz CT molecular complexity index is 537. The molecule has 0 saturated carbocycles. The molecule has 0 N–H and O–H groups in total. The number of halogens is 2. The van der Waals surface area contributed by atoms with Gasteiger partial charge in [0.05, 0.1) is 25.9 Å². The van der Waals surface area contributed by atoms with Crippen LogP contribution in [0, 0.1) is 0 Å². The first-order chi connectivity index (χ1) is 9.54.